The van der Waals surface area contributed by atoms with Crippen LogP contribution in [0, 0.1) is 0 Å². The van der Waals surface area contributed by atoms with Gasteiger partial charge in [-0.1, -0.05) is 24.3 Å². The standard InChI is InChI=1S/C26H27N7O2S/c1-17(2)33-36(34,27-3)16-35-21-8-6-7-18(14-21)25-30-24-10-5-4-9-22(24)26(31-25)29-20-11-12-23-19(13-20)15-28-32-23/h4-15,17H,16H2,1-3H3,(H,28,32)(H,27,33,34)(H,29,30,31). The van der Waals surface area contributed by atoms with Crippen molar-refractivity contribution >= 4 is 43.2 Å². The molecular weight excluding hydrogens is 474 g/mol. The van der Waals surface area contributed by atoms with Gasteiger partial charge in [0.25, 0.3) is 0 Å². The number of nitrogens with one attached hydrogen (secondary N) is 3. The maximum Gasteiger partial charge on any atom is 0.184 e. The second-order valence-corrected chi connectivity index (χ2v) is 10.7. The first-order valence-electron chi connectivity index (χ1n) is 11.5. The number of benzene rings is 3. The Morgan fingerprint density at radius 1 is 1.06 bits per heavy atom. The summed E-state index contributed by atoms with van der Waals surface area (Å²) in [6, 6.07) is 21.3. The number of H-pyrrole nitrogens is 1. The van der Waals surface area contributed by atoms with Gasteiger partial charge in [0.1, 0.15) is 21.5 Å². The van der Waals surface area contributed by atoms with E-state index >= 15 is 0 Å². The molecule has 0 spiro atoms. The van der Waals surface area contributed by atoms with Crippen molar-refractivity contribution < 1.29 is 8.95 Å². The van der Waals surface area contributed by atoms with Crippen LogP contribution in [0.4, 0.5) is 11.5 Å². The minimum Gasteiger partial charge on any atom is -0.478 e. The SMILES string of the molecule is CN=S(=O)(COc1cccc(-c2nc(Nc3ccc4[nH]ncc4c3)c3ccccc3n2)c1)NC(C)C. The highest BCUT2D eigenvalue weighted by Gasteiger charge is 2.13. The highest BCUT2D eigenvalue weighted by Crippen LogP contribution is 2.29. The molecule has 0 fully saturated rings. The third-order valence-electron chi connectivity index (χ3n) is 5.50. The molecule has 0 aliphatic heterocycles. The van der Waals surface area contributed by atoms with Gasteiger partial charge in [-0.3, -0.25) is 5.10 Å². The zero-order valence-electron chi connectivity index (χ0n) is 20.2. The third kappa shape index (κ3) is 5.14. The molecule has 2 aromatic heterocycles. The maximum atomic E-state index is 12.9. The second-order valence-electron chi connectivity index (χ2n) is 8.60. The van der Waals surface area contributed by atoms with E-state index in [-0.39, 0.29) is 12.0 Å². The molecule has 3 aromatic carbocycles. The van der Waals surface area contributed by atoms with Crippen molar-refractivity contribution in [2.75, 3.05) is 18.3 Å². The summed E-state index contributed by atoms with van der Waals surface area (Å²) >= 11 is 0. The largest absolute Gasteiger partial charge is 0.478 e. The number of rotatable bonds is 8. The fourth-order valence-electron chi connectivity index (χ4n) is 3.84. The van der Waals surface area contributed by atoms with E-state index in [0.29, 0.717) is 17.4 Å². The molecule has 2 heterocycles. The molecule has 5 rings (SSSR count). The Hall–Kier alpha value is -4.02. The number of anilines is 2. The average molecular weight is 502 g/mol. The van der Waals surface area contributed by atoms with E-state index in [9.17, 15) is 4.21 Å². The van der Waals surface area contributed by atoms with E-state index in [4.69, 9.17) is 14.7 Å². The number of hydrogen-bond acceptors (Lipinski definition) is 7. The van der Waals surface area contributed by atoms with Crippen molar-refractivity contribution in [2.45, 2.75) is 19.9 Å². The van der Waals surface area contributed by atoms with Crippen molar-refractivity contribution in [1.29, 1.82) is 0 Å². The number of hydrogen-bond donors (Lipinski definition) is 3. The Morgan fingerprint density at radius 3 is 2.75 bits per heavy atom. The maximum absolute atomic E-state index is 12.9. The molecule has 0 radical (unpaired) electrons. The molecule has 3 N–H and O–H groups in total. The van der Waals surface area contributed by atoms with Crippen LogP contribution < -0.4 is 14.8 Å². The summed E-state index contributed by atoms with van der Waals surface area (Å²) in [6.45, 7) is 3.84. The summed E-state index contributed by atoms with van der Waals surface area (Å²) in [6.07, 6.45) is 1.79. The molecule has 1 unspecified atom stereocenters. The van der Waals surface area contributed by atoms with Crippen LogP contribution in [0.1, 0.15) is 13.8 Å². The third-order valence-corrected chi connectivity index (χ3v) is 7.37. The lowest BCUT2D eigenvalue weighted by Gasteiger charge is -2.15. The van der Waals surface area contributed by atoms with Gasteiger partial charge >= 0.3 is 0 Å². The normalized spacial score (nSPS) is 13.1. The molecule has 5 aromatic rings. The average Bonchev–Trinajstić information content (AvgIpc) is 3.35. The van der Waals surface area contributed by atoms with Crippen molar-refractivity contribution in [3.8, 4) is 17.1 Å². The van der Waals surface area contributed by atoms with Crippen LogP contribution in [0.25, 0.3) is 33.2 Å². The van der Waals surface area contributed by atoms with Gasteiger partial charge in [0.2, 0.25) is 0 Å². The Bertz CT molecular complexity index is 1660. The Labute approximate surface area is 209 Å². The molecule has 0 saturated carbocycles. The Balaban J connectivity index is 1.47. The van der Waals surface area contributed by atoms with Gasteiger partial charge in [-0.15, -0.1) is 0 Å². The lowest BCUT2D eigenvalue weighted by atomic mass is 10.1. The van der Waals surface area contributed by atoms with Crippen LogP contribution in [0.5, 0.6) is 5.75 Å². The van der Waals surface area contributed by atoms with Gasteiger partial charge in [-0.25, -0.2) is 23.3 Å². The van der Waals surface area contributed by atoms with Crippen LogP contribution in [0.15, 0.2) is 77.3 Å². The molecular formula is C26H27N7O2S. The summed E-state index contributed by atoms with van der Waals surface area (Å²) in [5, 5.41) is 12.4. The number of aromatic nitrogens is 4. The lowest BCUT2D eigenvalue weighted by molar-refractivity contribution is 0.382. The van der Waals surface area contributed by atoms with Crippen LogP contribution in [0.3, 0.4) is 0 Å². The van der Waals surface area contributed by atoms with Crippen LogP contribution >= 0.6 is 0 Å². The first kappa shape index (κ1) is 23.7. The fourth-order valence-corrected chi connectivity index (χ4v) is 5.15. The Kier molecular flexibility index (Phi) is 6.53. The summed E-state index contributed by atoms with van der Waals surface area (Å²) in [5.74, 6) is 1.74. The van der Waals surface area contributed by atoms with Crippen LogP contribution in [-0.4, -0.2) is 43.4 Å². The van der Waals surface area contributed by atoms with Gasteiger partial charge < -0.3 is 10.1 Å². The predicted octanol–water partition coefficient (Wildman–Crippen LogP) is 5.26. The van der Waals surface area contributed by atoms with Gasteiger partial charge in [0.05, 0.1) is 17.2 Å². The number of nitrogens with zero attached hydrogens (tertiary/aromatic N) is 4. The smallest absolute Gasteiger partial charge is 0.184 e. The van der Waals surface area contributed by atoms with E-state index < -0.39 is 9.92 Å². The van der Waals surface area contributed by atoms with E-state index in [1.54, 1.807) is 6.20 Å². The fraction of sp³-hybridized carbons (Fsp3) is 0.192. The molecule has 0 bridgehead atoms. The molecule has 0 aliphatic rings. The Morgan fingerprint density at radius 2 is 1.92 bits per heavy atom. The summed E-state index contributed by atoms with van der Waals surface area (Å²) < 4.78 is 25.7. The molecule has 0 aliphatic carbocycles. The first-order chi connectivity index (χ1) is 17.4. The number of ether oxygens (including phenoxy) is 1. The minimum absolute atomic E-state index is 0.0160. The number of para-hydroxylation sites is 1. The zero-order chi connectivity index (χ0) is 25.1. The topological polar surface area (TPSA) is 117 Å². The molecule has 1 atom stereocenters. The molecule has 36 heavy (non-hydrogen) atoms. The highest BCUT2D eigenvalue weighted by molar-refractivity contribution is 7.91. The summed E-state index contributed by atoms with van der Waals surface area (Å²) in [5.41, 5.74) is 3.46. The first-order valence-corrected chi connectivity index (χ1v) is 13.2. The molecule has 184 valence electrons. The van der Waals surface area contributed by atoms with Crippen molar-refractivity contribution in [1.82, 2.24) is 24.9 Å². The molecule has 10 heteroatoms. The van der Waals surface area contributed by atoms with E-state index in [1.165, 1.54) is 7.05 Å². The summed E-state index contributed by atoms with van der Waals surface area (Å²) in [4.78, 5) is 9.64. The van der Waals surface area contributed by atoms with Gasteiger partial charge in [0.15, 0.2) is 11.8 Å². The molecule has 9 nitrogen and oxygen atoms in total. The summed E-state index contributed by atoms with van der Waals surface area (Å²) in [7, 11) is -1.15. The van der Waals surface area contributed by atoms with E-state index in [0.717, 1.165) is 33.1 Å². The predicted molar refractivity (Wildman–Crippen MR) is 145 cm³/mol. The number of aromatic amines is 1. The van der Waals surface area contributed by atoms with Crippen molar-refractivity contribution in [2.24, 2.45) is 4.36 Å². The van der Waals surface area contributed by atoms with Crippen LogP contribution in [-0.2, 0) is 9.92 Å². The lowest BCUT2D eigenvalue weighted by Crippen LogP contribution is -2.33. The molecule has 0 amide bonds. The highest BCUT2D eigenvalue weighted by atomic mass is 32.2. The zero-order valence-corrected chi connectivity index (χ0v) is 21.0. The van der Waals surface area contributed by atoms with E-state index in [2.05, 4.69) is 24.6 Å². The van der Waals surface area contributed by atoms with E-state index in [1.807, 2.05) is 80.6 Å². The van der Waals surface area contributed by atoms with Crippen molar-refractivity contribution in [3.05, 3.63) is 72.9 Å². The van der Waals surface area contributed by atoms with Gasteiger partial charge in [-0.05, 0) is 56.3 Å². The van der Waals surface area contributed by atoms with Crippen LogP contribution in [0.2, 0.25) is 0 Å². The van der Waals surface area contributed by atoms with Gasteiger partial charge in [-0.2, -0.15) is 5.10 Å². The number of fused-ring (bicyclic) bond motifs is 2. The minimum atomic E-state index is -2.68. The quantitative estimate of drug-likeness (QED) is 0.267. The second kappa shape index (κ2) is 9.92. The molecule has 0 saturated heterocycles. The monoisotopic (exact) mass is 501 g/mol. The van der Waals surface area contributed by atoms with Crippen molar-refractivity contribution in [3.63, 3.8) is 0 Å². The van der Waals surface area contributed by atoms with Gasteiger partial charge in [0, 0.05) is 35.1 Å².